The van der Waals surface area contributed by atoms with Crippen LogP contribution in [0.25, 0.3) is 11.3 Å². The number of aromatic nitrogens is 3. The molecule has 0 unspecified atom stereocenters. The lowest BCUT2D eigenvalue weighted by Crippen LogP contribution is -2.44. The molecule has 1 aliphatic heterocycles. The third-order valence-electron chi connectivity index (χ3n) is 6.16. The van der Waals surface area contributed by atoms with Gasteiger partial charge in [-0.25, -0.2) is 32.2 Å². The van der Waals surface area contributed by atoms with E-state index in [0.29, 0.717) is 5.56 Å². The molecule has 38 heavy (non-hydrogen) atoms. The van der Waals surface area contributed by atoms with E-state index in [9.17, 15) is 35.2 Å². The number of benzene rings is 1. The van der Waals surface area contributed by atoms with Gasteiger partial charge in [-0.3, -0.25) is 4.79 Å². The van der Waals surface area contributed by atoms with Crippen molar-refractivity contribution in [3.8, 4) is 11.3 Å². The van der Waals surface area contributed by atoms with Gasteiger partial charge < -0.3 is 0 Å². The second-order valence-electron chi connectivity index (χ2n) is 8.74. The summed E-state index contributed by atoms with van der Waals surface area (Å²) in [6.07, 6.45) is -4.83. The summed E-state index contributed by atoms with van der Waals surface area (Å²) in [5, 5.41) is 0.00340. The van der Waals surface area contributed by atoms with Crippen LogP contribution in [0.2, 0.25) is 5.15 Å². The average Bonchev–Trinajstić information content (AvgIpc) is 3.17. The Kier molecular flexibility index (Phi) is 7.82. The highest BCUT2D eigenvalue weighted by Gasteiger charge is 2.48. The van der Waals surface area contributed by atoms with E-state index in [-0.39, 0.29) is 40.6 Å². The fourth-order valence-corrected chi connectivity index (χ4v) is 6.29. The lowest BCUT2D eigenvalue weighted by atomic mass is 10.0. The monoisotopic (exact) mass is 574 g/mol. The van der Waals surface area contributed by atoms with Crippen LogP contribution in [-0.4, -0.2) is 51.7 Å². The number of hydrogen-bond donors (Lipinski definition) is 0. The molecule has 3 aromatic rings. The predicted octanol–water partition coefficient (Wildman–Crippen LogP) is 5.04. The van der Waals surface area contributed by atoms with Crippen LogP contribution in [-0.2, 0) is 27.4 Å². The molecular formula is C24H20ClF5N4O3S. The quantitative estimate of drug-likeness (QED) is 0.290. The molecule has 0 amide bonds. The third kappa shape index (κ3) is 5.84. The van der Waals surface area contributed by atoms with Crippen LogP contribution in [0.5, 0.6) is 0 Å². The number of alkyl halides is 4. The maximum absolute atomic E-state index is 14.6. The summed E-state index contributed by atoms with van der Waals surface area (Å²) in [5.41, 5.74) is 0.825. The van der Waals surface area contributed by atoms with Gasteiger partial charge in [0.1, 0.15) is 17.1 Å². The molecule has 0 N–H and O–H groups in total. The summed E-state index contributed by atoms with van der Waals surface area (Å²) < 4.78 is 93.4. The summed E-state index contributed by atoms with van der Waals surface area (Å²) >= 11 is 6.07. The van der Waals surface area contributed by atoms with Crippen LogP contribution < -0.4 is 0 Å². The van der Waals surface area contributed by atoms with E-state index in [1.807, 2.05) is 0 Å². The summed E-state index contributed by atoms with van der Waals surface area (Å²) in [6, 6.07) is 4.59. The van der Waals surface area contributed by atoms with Crippen LogP contribution in [0, 0.1) is 5.82 Å². The van der Waals surface area contributed by atoms with E-state index in [1.54, 1.807) is 0 Å². The highest BCUT2D eigenvalue weighted by atomic mass is 35.5. The molecule has 1 aliphatic rings. The van der Waals surface area contributed by atoms with Crippen molar-refractivity contribution in [1.29, 1.82) is 0 Å². The first-order valence-electron chi connectivity index (χ1n) is 11.3. The Morgan fingerprint density at radius 1 is 1.13 bits per heavy atom. The van der Waals surface area contributed by atoms with Gasteiger partial charge in [-0.05, 0) is 55.3 Å². The molecule has 7 nitrogen and oxygen atoms in total. The fourth-order valence-electron chi connectivity index (χ4n) is 4.23. The van der Waals surface area contributed by atoms with Crippen LogP contribution in [0.4, 0.5) is 22.0 Å². The minimum Gasteiger partial charge on any atom is -0.298 e. The number of pyridine rings is 1. The first-order valence-corrected chi connectivity index (χ1v) is 13.1. The van der Waals surface area contributed by atoms with Crippen LogP contribution >= 0.6 is 11.6 Å². The van der Waals surface area contributed by atoms with Crippen molar-refractivity contribution in [3.63, 3.8) is 0 Å². The Hall–Kier alpha value is -3.03. The van der Waals surface area contributed by atoms with Crippen molar-refractivity contribution >= 4 is 27.4 Å². The van der Waals surface area contributed by atoms with Crippen molar-refractivity contribution in [2.24, 2.45) is 0 Å². The van der Waals surface area contributed by atoms with E-state index in [2.05, 4.69) is 15.0 Å². The van der Waals surface area contributed by atoms with E-state index >= 15 is 0 Å². The van der Waals surface area contributed by atoms with E-state index in [4.69, 9.17) is 11.6 Å². The van der Waals surface area contributed by atoms with Gasteiger partial charge >= 0.3 is 6.18 Å². The summed E-state index contributed by atoms with van der Waals surface area (Å²) in [7, 11) is -4.30. The molecule has 1 saturated heterocycles. The highest BCUT2D eigenvalue weighted by molar-refractivity contribution is 7.89. The maximum Gasteiger partial charge on any atom is 0.451 e. The van der Waals surface area contributed by atoms with Gasteiger partial charge in [0.15, 0.2) is 5.78 Å². The average molecular weight is 575 g/mol. The molecule has 2 aromatic heterocycles. The first kappa shape index (κ1) is 28.0. The van der Waals surface area contributed by atoms with Crippen LogP contribution in [0.3, 0.4) is 0 Å². The number of Topliss-reactive ketones (excluding diaryl/α,β-unsaturated/α-hetero) is 1. The minimum absolute atomic E-state index is 0.00340. The number of carbonyl (C=O) groups excluding carboxylic acids is 1. The van der Waals surface area contributed by atoms with Crippen molar-refractivity contribution in [2.45, 2.75) is 55.5 Å². The SMILES string of the molecule is C[C@H]1[C@H](F)C[C@@H](C(=O)CCc2cc(Cl)nc(-c3cnc(C(F)(F)F)nc3)c2)N1S(=O)(=O)c1ccc(F)cc1. The fraction of sp³-hybridized carbons (Fsp3) is 0.333. The lowest BCUT2D eigenvalue weighted by molar-refractivity contribution is -0.145. The molecule has 1 fully saturated rings. The smallest absolute Gasteiger partial charge is 0.298 e. The van der Waals surface area contributed by atoms with Crippen molar-refractivity contribution in [2.75, 3.05) is 0 Å². The van der Waals surface area contributed by atoms with Crippen LogP contribution in [0.15, 0.2) is 53.7 Å². The van der Waals surface area contributed by atoms with Crippen molar-refractivity contribution < 1.29 is 35.2 Å². The topological polar surface area (TPSA) is 93.1 Å². The highest BCUT2D eigenvalue weighted by Crippen LogP contribution is 2.34. The molecule has 0 bridgehead atoms. The Morgan fingerprint density at radius 3 is 2.37 bits per heavy atom. The maximum atomic E-state index is 14.6. The molecule has 14 heteroatoms. The van der Waals surface area contributed by atoms with E-state index in [1.165, 1.54) is 19.1 Å². The summed E-state index contributed by atoms with van der Waals surface area (Å²) in [6.45, 7) is 1.36. The molecule has 0 aliphatic carbocycles. The minimum atomic E-state index is -4.71. The number of aryl methyl sites for hydroxylation is 1. The Labute approximate surface area is 219 Å². The molecule has 0 saturated carbocycles. The largest absolute Gasteiger partial charge is 0.451 e. The second-order valence-corrected chi connectivity index (χ2v) is 11.0. The number of ketones is 1. The number of nitrogens with zero attached hydrogens (tertiary/aromatic N) is 4. The number of rotatable bonds is 7. The molecule has 0 radical (unpaired) electrons. The van der Waals surface area contributed by atoms with Crippen molar-refractivity contribution in [1.82, 2.24) is 19.3 Å². The number of halogens is 6. The van der Waals surface area contributed by atoms with Gasteiger partial charge in [-0.15, -0.1) is 0 Å². The molecular weight excluding hydrogens is 555 g/mol. The first-order chi connectivity index (χ1) is 17.8. The predicted molar refractivity (Wildman–Crippen MR) is 127 cm³/mol. The molecule has 202 valence electrons. The molecule has 0 spiro atoms. The number of carbonyl (C=O) groups is 1. The number of hydrogen-bond acceptors (Lipinski definition) is 6. The van der Waals surface area contributed by atoms with Gasteiger partial charge in [0.25, 0.3) is 0 Å². The second kappa shape index (κ2) is 10.6. The lowest BCUT2D eigenvalue weighted by Gasteiger charge is -2.26. The van der Waals surface area contributed by atoms with Crippen LogP contribution in [0.1, 0.15) is 31.2 Å². The standard InChI is InChI=1S/C24H20ClF5N4O3S/c1-13-18(27)10-20(34(13)38(36,37)17-5-3-16(26)4-6-17)21(35)7-2-14-8-19(33-22(25)9-14)15-11-31-23(32-12-15)24(28,29)30/h3-6,8-9,11-13,18,20H,2,7,10H2,1H3/t13-,18+,20-/m0/s1. The van der Waals surface area contributed by atoms with Crippen molar-refractivity contribution in [3.05, 3.63) is 71.2 Å². The van der Waals surface area contributed by atoms with E-state index < -0.39 is 51.9 Å². The van der Waals surface area contributed by atoms with Gasteiger partial charge in [-0.1, -0.05) is 11.6 Å². The van der Waals surface area contributed by atoms with Gasteiger partial charge in [0.2, 0.25) is 15.8 Å². The Bertz CT molecular complexity index is 1440. The molecule has 1 aromatic carbocycles. The Morgan fingerprint density at radius 2 is 1.76 bits per heavy atom. The zero-order valence-corrected chi connectivity index (χ0v) is 21.2. The zero-order valence-electron chi connectivity index (χ0n) is 19.7. The third-order valence-corrected chi connectivity index (χ3v) is 8.36. The molecule has 3 heterocycles. The van der Waals surface area contributed by atoms with Gasteiger partial charge in [0.05, 0.1) is 22.7 Å². The zero-order chi connectivity index (χ0) is 27.8. The Balaban J connectivity index is 1.53. The summed E-state index contributed by atoms with van der Waals surface area (Å²) in [4.78, 5) is 23.5. The van der Waals surface area contributed by atoms with Gasteiger partial charge in [-0.2, -0.15) is 17.5 Å². The van der Waals surface area contributed by atoms with E-state index in [0.717, 1.165) is 41.0 Å². The number of sulfonamides is 1. The normalized spacial score (nSPS) is 20.6. The van der Waals surface area contributed by atoms with Gasteiger partial charge in [0, 0.05) is 30.8 Å². The molecule has 4 rings (SSSR count). The molecule has 3 atom stereocenters. The summed E-state index contributed by atoms with van der Waals surface area (Å²) in [5.74, 6) is -2.49.